The maximum absolute atomic E-state index is 6.37. The predicted molar refractivity (Wildman–Crippen MR) is 103 cm³/mol. The van der Waals surface area contributed by atoms with Gasteiger partial charge in [0.15, 0.2) is 0 Å². The highest BCUT2D eigenvalue weighted by Gasteiger charge is 2.21. The molecule has 1 aliphatic rings. The second-order valence-corrected chi connectivity index (χ2v) is 6.42. The first-order valence-corrected chi connectivity index (χ1v) is 8.46. The largest absolute Gasteiger partial charge is 0.456 e. The molecule has 0 unspecified atom stereocenters. The number of nitrogens with two attached hydrogens (primary N) is 1. The molecule has 0 atom stereocenters. The van der Waals surface area contributed by atoms with Gasteiger partial charge in [-0.1, -0.05) is 60.7 Å². The van der Waals surface area contributed by atoms with Crippen LogP contribution < -0.4 is 10.5 Å². The van der Waals surface area contributed by atoms with Crippen molar-refractivity contribution in [2.75, 3.05) is 5.73 Å². The molecular weight excluding hydrogens is 306 g/mol. The molecule has 4 aromatic rings. The van der Waals surface area contributed by atoms with E-state index >= 15 is 0 Å². The Labute approximate surface area is 146 Å². The molecule has 0 fully saturated rings. The SMILES string of the molecule is Nc1cccc2cccc(Oc3cccc4c3Cc3ccccc3-4)c12. The van der Waals surface area contributed by atoms with E-state index in [2.05, 4.69) is 48.5 Å². The van der Waals surface area contributed by atoms with E-state index in [-0.39, 0.29) is 0 Å². The van der Waals surface area contributed by atoms with Crippen molar-refractivity contribution in [3.8, 4) is 22.6 Å². The molecule has 0 heterocycles. The lowest BCUT2D eigenvalue weighted by Gasteiger charge is -2.13. The molecule has 0 amide bonds. The Morgan fingerprint density at radius 3 is 2.32 bits per heavy atom. The number of hydrogen-bond donors (Lipinski definition) is 1. The molecule has 2 N–H and O–H groups in total. The number of fused-ring (bicyclic) bond motifs is 4. The average Bonchev–Trinajstić information content (AvgIpc) is 3.02. The number of benzene rings is 4. The van der Waals surface area contributed by atoms with Gasteiger partial charge in [0.25, 0.3) is 0 Å². The van der Waals surface area contributed by atoms with Crippen LogP contribution in [-0.4, -0.2) is 0 Å². The minimum Gasteiger partial charge on any atom is -0.456 e. The summed E-state index contributed by atoms with van der Waals surface area (Å²) in [5, 5.41) is 2.06. The van der Waals surface area contributed by atoms with Gasteiger partial charge in [0, 0.05) is 23.1 Å². The zero-order valence-corrected chi connectivity index (χ0v) is 13.7. The predicted octanol–water partition coefficient (Wildman–Crippen LogP) is 5.79. The first-order chi connectivity index (χ1) is 12.3. The first-order valence-electron chi connectivity index (χ1n) is 8.46. The van der Waals surface area contributed by atoms with Crippen molar-refractivity contribution in [2.45, 2.75) is 6.42 Å². The fourth-order valence-electron chi connectivity index (χ4n) is 3.76. The highest BCUT2D eigenvalue weighted by molar-refractivity contribution is 5.98. The highest BCUT2D eigenvalue weighted by Crippen LogP contribution is 2.43. The van der Waals surface area contributed by atoms with E-state index in [0.717, 1.165) is 34.4 Å². The zero-order valence-electron chi connectivity index (χ0n) is 13.7. The molecule has 0 bridgehead atoms. The van der Waals surface area contributed by atoms with Crippen molar-refractivity contribution < 1.29 is 4.74 Å². The molecule has 1 aliphatic carbocycles. The Balaban J connectivity index is 1.64. The summed E-state index contributed by atoms with van der Waals surface area (Å²) in [7, 11) is 0. The summed E-state index contributed by atoms with van der Waals surface area (Å²) in [4.78, 5) is 0. The molecular formula is C23H17NO. The number of ether oxygens (including phenoxy) is 1. The summed E-state index contributed by atoms with van der Waals surface area (Å²) in [6.07, 6.45) is 0.905. The van der Waals surface area contributed by atoms with E-state index in [0.29, 0.717) is 0 Å². The van der Waals surface area contributed by atoms with Crippen LogP contribution in [0.25, 0.3) is 21.9 Å². The van der Waals surface area contributed by atoms with Crippen LogP contribution in [0.4, 0.5) is 5.69 Å². The number of rotatable bonds is 2. The van der Waals surface area contributed by atoms with E-state index in [1.165, 1.54) is 22.3 Å². The van der Waals surface area contributed by atoms with Gasteiger partial charge in [0.1, 0.15) is 11.5 Å². The van der Waals surface area contributed by atoms with Crippen LogP contribution in [0.5, 0.6) is 11.5 Å². The summed E-state index contributed by atoms with van der Waals surface area (Å²) in [5.74, 6) is 1.71. The van der Waals surface area contributed by atoms with E-state index in [9.17, 15) is 0 Å². The van der Waals surface area contributed by atoms with E-state index in [4.69, 9.17) is 10.5 Å². The van der Waals surface area contributed by atoms with Gasteiger partial charge in [-0.2, -0.15) is 0 Å². The van der Waals surface area contributed by atoms with Crippen LogP contribution in [0, 0.1) is 0 Å². The summed E-state index contributed by atoms with van der Waals surface area (Å²) < 4.78 is 6.37. The lowest BCUT2D eigenvalue weighted by Crippen LogP contribution is -1.94. The molecule has 0 spiro atoms. The summed E-state index contributed by atoms with van der Waals surface area (Å²) in [5.41, 5.74) is 12.1. The first kappa shape index (κ1) is 14.1. The average molecular weight is 323 g/mol. The second kappa shape index (κ2) is 5.38. The summed E-state index contributed by atoms with van der Waals surface area (Å²) in [6.45, 7) is 0. The van der Waals surface area contributed by atoms with Crippen molar-refractivity contribution in [2.24, 2.45) is 0 Å². The highest BCUT2D eigenvalue weighted by atomic mass is 16.5. The molecule has 0 radical (unpaired) electrons. The van der Waals surface area contributed by atoms with Gasteiger partial charge in [0.2, 0.25) is 0 Å². The number of hydrogen-bond acceptors (Lipinski definition) is 2. The molecule has 0 aromatic heterocycles. The van der Waals surface area contributed by atoms with Crippen LogP contribution in [0.15, 0.2) is 78.9 Å². The van der Waals surface area contributed by atoms with E-state index in [1.54, 1.807) is 0 Å². The molecule has 5 rings (SSSR count). The van der Waals surface area contributed by atoms with Crippen LogP contribution in [0.3, 0.4) is 0 Å². The molecule has 4 aromatic carbocycles. The molecule has 2 heteroatoms. The van der Waals surface area contributed by atoms with Gasteiger partial charge >= 0.3 is 0 Å². The van der Waals surface area contributed by atoms with Crippen molar-refractivity contribution >= 4 is 16.5 Å². The molecule has 0 aliphatic heterocycles. The number of anilines is 1. The van der Waals surface area contributed by atoms with Crippen molar-refractivity contribution in [1.82, 2.24) is 0 Å². The Morgan fingerprint density at radius 1 is 0.680 bits per heavy atom. The number of nitrogen functional groups attached to an aromatic ring is 1. The van der Waals surface area contributed by atoms with Crippen LogP contribution in [0.2, 0.25) is 0 Å². The zero-order chi connectivity index (χ0) is 16.8. The third-order valence-electron chi connectivity index (χ3n) is 4.93. The van der Waals surface area contributed by atoms with Crippen molar-refractivity contribution in [3.05, 3.63) is 90.0 Å². The van der Waals surface area contributed by atoms with Crippen LogP contribution >= 0.6 is 0 Å². The lowest BCUT2D eigenvalue weighted by atomic mass is 10.1. The van der Waals surface area contributed by atoms with E-state index < -0.39 is 0 Å². The summed E-state index contributed by atoms with van der Waals surface area (Å²) in [6, 6.07) is 26.8. The monoisotopic (exact) mass is 323 g/mol. The molecule has 25 heavy (non-hydrogen) atoms. The lowest BCUT2D eigenvalue weighted by molar-refractivity contribution is 0.484. The standard InChI is InChI=1S/C23H17NO/c24-20-11-3-7-15-8-4-13-22(23(15)20)25-21-12-5-10-18-17-9-2-1-6-16(17)14-19(18)21/h1-13H,14,24H2. The quantitative estimate of drug-likeness (QED) is 0.418. The molecule has 0 saturated heterocycles. The van der Waals surface area contributed by atoms with Crippen molar-refractivity contribution in [1.29, 1.82) is 0 Å². The Hall–Kier alpha value is -3.26. The van der Waals surface area contributed by atoms with Crippen molar-refractivity contribution in [3.63, 3.8) is 0 Å². The normalized spacial score (nSPS) is 12.0. The van der Waals surface area contributed by atoms with Gasteiger partial charge in [0.05, 0.1) is 0 Å². The molecule has 120 valence electrons. The third-order valence-corrected chi connectivity index (χ3v) is 4.93. The third kappa shape index (κ3) is 2.18. The Kier molecular flexibility index (Phi) is 3.04. The molecule has 0 saturated carbocycles. The Bertz CT molecular complexity index is 1110. The minimum absolute atomic E-state index is 0.740. The fraction of sp³-hybridized carbons (Fsp3) is 0.0435. The van der Waals surface area contributed by atoms with Gasteiger partial charge in [-0.05, 0) is 40.3 Å². The summed E-state index contributed by atoms with van der Waals surface area (Å²) >= 11 is 0. The molecule has 2 nitrogen and oxygen atoms in total. The van der Waals surface area contributed by atoms with Gasteiger partial charge in [-0.15, -0.1) is 0 Å². The second-order valence-electron chi connectivity index (χ2n) is 6.42. The maximum Gasteiger partial charge on any atom is 0.137 e. The van der Waals surface area contributed by atoms with Gasteiger partial charge in [-0.25, -0.2) is 0 Å². The van der Waals surface area contributed by atoms with Gasteiger partial charge in [-0.3, -0.25) is 0 Å². The smallest absolute Gasteiger partial charge is 0.137 e. The topological polar surface area (TPSA) is 35.2 Å². The minimum atomic E-state index is 0.740. The van der Waals surface area contributed by atoms with Gasteiger partial charge < -0.3 is 10.5 Å². The fourth-order valence-corrected chi connectivity index (χ4v) is 3.76. The Morgan fingerprint density at radius 2 is 1.40 bits per heavy atom. The maximum atomic E-state index is 6.37. The van der Waals surface area contributed by atoms with Crippen LogP contribution in [0.1, 0.15) is 11.1 Å². The van der Waals surface area contributed by atoms with Crippen LogP contribution in [-0.2, 0) is 6.42 Å². The van der Waals surface area contributed by atoms with E-state index in [1.807, 2.05) is 30.3 Å².